The number of carbonyl (C=O) groups is 1. The van der Waals surface area contributed by atoms with Crippen molar-refractivity contribution < 1.29 is 22.8 Å². The summed E-state index contributed by atoms with van der Waals surface area (Å²) < 4.78 is 30.5. The van der Waals surface area contributed by atoms with Gasteiger partial charge in [-0.05, 0) is 12.1 Å². The van der Waals surface area contributed by atoms with Crippen LogP contribution in [0.1, 0.15) is 10.6 Å². The van der Waals surface area contributed by atoms with Crippen LogP contribution in [-0.4, -0.2) is 25.0 Å². The normalized spacial score (nSPS) is 11.2. The number of sulfonamides is 1. The maximum absolute atomic E-state index is 11.9. The van der Waals surface area contributed by atoms with Crippen LogP contribution in [0.4, 0.5) is 11.5 Å². The first-order chi connectivity index (χ1) is 8.92. The Hall–Kier alpha value is -2.55. The molecule has 1 aromatic carbocycles. The molecule has 0 aliphatic heterocycles. The predicted molar refractivity (Wildman–Crippen MR) is 65.2 cm³/mol. The van der Waals surface area contributed by atoms with Crippen LogP contribution in [0.3, 0.4) is 0 Å². The molecule has 100 valence electrons. The molecule has 0 amide bonds. The molecular formula is C10H9N3O5S. The van der Waals surface area contributed by atoms with Crippen LogP contribution >= 0.6 is 0 Å². The first-order valence-electron chi connectivity index (χ1n) is 4.95. The Labute approximate surface area is 107 Å². The van der Waals surface area contributed by atoms with E-state index in [0.717, 1.165) is 18.2 Å². The summed E-state index contributed by atoms with van der Waals surface area (Å²) in [6, 6.07) is 4.69. The van der Waals surface area contributed by atoms with Crippen molar-refractivity contribution in [3.05, 3.63) is 30.0 Å². The van der Waals surface area contributed by atoms with E-state index in [4.69, 9.17) is 5.73 Å². The van der Waals surface area contributed by atoms with Gasteiger partial charge in [0.05, 0.1) is 0 Å². The van der Waals surface area contributed by atoms with Crippen molar-refractivity contribution >= 4 is 27.8 Å². The highest BCUT2D eigenvalue weighted by molar-refractivity contribution is 7.92. The Balaban J connectivity index is 2.34. The van der Waals surface area contributed by atoms with Gasteiger partial charge in [-0.2, -0.15) is 0 Å². The van der Waals surface area contributed by atoms with Gasteiger partial charge in [0.15, 0.2) is 12.1 Å². The number of aromatic hydroxyl groups is 1. The minimum atomic E-state index is -4.05. The molecule has 0 saturated heterocycles. The monoisotopic (exact) mass is 283 g/mol. The maximum atomic E-state index is 11.9. The summed E-state index contributed by atoms with van der Waals surface area (Å²) in [5, 5.41) is 12.9. The number of hydrogen-bond donors (Lipinski definition) is 3. The zero-order valence-electron chi connectivity index (χ0n) is 9.40. The Kier molecular flexibility index (Phi) is 3.13. The minimum absolute atomic E-state index is 0.126. The zero-order valence-corrected chi connectivity index (χ0v) is 10.2. The highest BCUT2D eigenvalue weighted by Gasteiger charge is 2.20. The summed E-state index contributed by atoms with van der Waals surface area (Å²) in [5.74, 6) is -0.788. The van der Waals surface area contributed by atoms with Gasteiger partial charge in [-0.25, -0.2) is 8.42 Å². The van der Waals surface area contributed by atoms with Crippen LogP contribution < -0.4 is 10.5 Å². The fourth-order valence-corrected chi connectivity index (χ4v) is 2.41. The zero-order chi connectivity index (χ0) is 14.0. The van der Waals surface area contributed by atoms with E-state index in [2.05, 4.69) is 14.4 Å². The van der Waals surface area contributed by atoms with E-state index in [1.54, 1.807) is 0 Å². The van der Waals surface area contributed by atoms with E-state index < -0.39 is 15.8 Å². The summed E-state index contributed by atoms with van der Waals surface area (Å²) in [6.45, 7) is 0. The number of nitrogens with one attached hydrogen (secondary N) is 1. The fraction of sp³-hybridized carbons (Fsp3) is 0. The summed E-state index contributed by atoms with van der Waals surface area (Å²) in [4.78, 5) is 10.0. The first-order valence-corrected chi connectivity index (χ1v) is 6.44. The van der Waals surface area contributed by atoms with Crippen molar-refractivity contribution in [1.82, 2.24) is 5.16 Å². The molecule has 2 aromatic rings. The number of anilines is 2. The third kappa shape index (κ3) is 2.65. The number of nitrogen functional groups attached to an aromatic ring is 1. The van der Waals surface area contributed by atoms with Crippen LogP contribution in [0.5, 0.6) is 5.75 Å². The van der Waals surface area contributed by atoms with Gasteiger partial charge < -0.3 is 15.4 Å². The molecule has 1 heterocycles. The molecule has 4 N–H and O–H groups in total. The van der Waals surface area contributed by atoms with Crippen molar-refractivity contribution in [3.63, 3.8) is 0 Å². The molecule has 0 spiro atoms. The summed E-state index contributed by atoms with van der Waals surface area (Å²) >= 11 is 0. The number of aldehydes is 1. The molecule has 0 fully saturated rings. The lowest BCUT2D eigenvalue weighted by Gasteiger charge is -2.07. The predicted octanol–water partition coefficient (Wildman–Crippen LogP) is 0.576. The molecule has 0 saturated carbocycles. The highest BCUT2D eigenvalue weighted by atomic mass is 32.2. The second-order valence-electron chi connectivity index (χ2n) is 3.57. The SMILES string of the molecule is Nc1ccc(S(=O)(=O)Nc2cc(C=O)on2)c(O)c1. The number of aromatic nitrogens is 1. The Morgan fingerprint density at radius 1 is 1.37 bits per heavy atom. The average Bonchev–Trinajstić information content (AvgIpc) is 2.75. The molecule has 0 aliphatic carbocycles. The molecule has 0 atom stereocenters. The molecular weight excluding hydrogens is 274 g/mol. The van der Waals surface area contributed by atoms with Crippen molar-refractivity contribution in [2.24, 2.45) is 0 Å². The summed E-state index contributed by atoms with van der Waals surface area (Å²) in [7, 11) is -4.05. The van der Waals surface area contributed by atoms with Crippen molar-refractivity contribution in [1.29, 1.82) is 0 Å². The lowest BCUT2D eigenvalue weighted by Crippen LogP contribution is -2.13. The maximum Gasteiger partial charge on any atom is 0.266 e. The minimum Gasteiger partial charge on any atom is -0.506 e. The molecule has 0 radical (unpaired) electrons. The Morgan fingerprint density at radius 2 is 2.11 bits per heavy atom. The van der Waals surface area contributed by atoms with E-state index in [1.165, 1.54) is 6.07 Å². The molecule has 0 bridgehead atoms. The van der Waals surface area contributed by atoms with Crippen LogP contribution in [0.25, 0.3) is 0 Å². The van der Waals surface area contributed by atoms with Gasteiger partial charge in [0, 0.05) is 17.8 Å². The number of rotatable bonds is 4. The molecule has 2 rings (SSSR count). The topological polar surface area (TPSA) is 136 Å². The molecule has 19 heavy (non-hydrogen) atoms. The number of nitrogens with two attached hydrogens (primary N) is 1. The quantitative estimate of drug-likeness (QED) is 0.551. The van der Waals surface area contributed by atoms with Gasteiger partial charge in [-0.3, -0.25) is 9.52 Å². The fourth-order valence-electron chi connectivity index (χ4n) is 1.35. The lowest BCUT2D eigenvalue weighted by atomic mass is 10.3. The van der Waals surface area contributed by atoms with Gasteiger partial charge in [-0.15, -0.1) is 0 Å². The van der Waals surface area contributed by atoms with E-state index >= 15 is 0 Å². The van der Waals surface area contributed by atoms with Crippen LogP contribution in [0.2, 0.25) is 0 Å². The third-order valence-electron chi connectivity index (χ3n) is 2.16. The smallest absolute Gasteiger partial charge is 0.266 e. The van der Waals surface area contributed by atoms with E-state index in [-0.39, 0.29) is 22.2 Å². The van der Waals surface area contributed by atoms with Gasteiger partial charge in [0.25, 0.3) is 10.0 Å². The van der Waals surface area contributed by atoms with Crippen molar-refractivity contribution in [3.8, 4) is 5.75 Å². The lowest BCUT2D eigenvalue weighted by molar-refractivity contribution is 0.109. The van der Waals surface area contributed by atoms with Crippen LogP contribution in [0, 0.1) is 0 Å². The van der Waals surface area contributed by atoms with E-state index in [0.29, 0.717) is 6.29 Å². The van der Waals surface area contributed by atoms with Gasteiger partial charge >= 0.3 is 0 Å². The Bertz CT molecular complexity index is 723. The molecule has 9 heteroatoms. The third-order valence-corrected chi connectivity index (χ3v) is 3.56. The Morgan fingerprint density at radius 3 is 2.68 bits per heavy atom. The highest BCUT2D eigenvalue weighted by Crippen LogP contribution is 2.26. The van der Waals surface area contributed by atoms with E-state index in [1.807, 2.05) is 0 Å². The van der Waals surface area contributed by atoms with Crippen LogP contribution in [0.15, 0.2) is 33.7 Å². The number of carbonyl (C=O) groups excluding carboxylic acids is 1. The second kappa shape index (κ2) is 4.61. The number of benzene rings is 1. The molecule has 0 aliphatic rings. The first kappa shape index (κ1) is 12.9. The second-order valence-corrected chi connectivity index (χ2v) is 5.22. The molecule has 8 nitrogen and oxygen atoms in total. The average molecular weight is 283 g/mol. The van der Waals surface area contributed by atoms with Crippen molar-refractivity contribution in [2.45, 2.75) is 4.90 Å². The molecule has 0 unspecified atom stereocenters. The van der Waals surface area contributed by atoms with Crippen molar-refractivity contribution in [2.75, 3.05) is 10.5 Å². The standard InChI is InChI=1S/C10H9N3O5S/c11-6-1-2-9(8(15)3-6)19(16,17)13-10-4-7(5-14)18-12-10/h1-5,15H,11H2,(H,12,13). The van der Waals surface area contributed by atoms with Gasteiger partial charge in [0.1, 0.15) is 10.6 Å². The van der Waals surface area contributed by atoms with Crippen LogP contribution in [-0.2, 0) is 10.0 Å². The van der Waals surface area contributed by atoms with Gasteiger partial charge in [0.2, 0.25) is 5.76 Å². The number of hydrogen-bond acceptors (Lipinski definition) is 7. The summed E-state index contributed by atoms with van der Waals surface area (Å²) in [5.41, 5.74) is 5.63. The van der Waals surface area contributed by atoms with Gasteiger partial charge in [-0.1, -0.05) is 5.16 Å². The van der Waals surface area contributed by atoms with E-state index in [9.17, 15) is 18.3 Å². The number of nitrogens with zero attached hydrogens (tertiary/aromatic N) is 1. The number of phenols is 1. The largest absolute Gasteiger partial charge is 0.506 e. The number of phenolic OH excluding ortho intramolecular Hbond substituents is 1. The summed E-state index contributed by atoms with van der Waals surface area (Å²) in [6.07, 6.45) is 0.380. The molecule has 1 aromatic heterocycles.